The lowest BCUT2D eigenvalue weighted by Gasteiger charge is -2.19. The number of carbonyl (C=O) groups excluding carboxylic acids is 2. The molecule has 1 heterocycles. The fourth-order valence-electron chi connectivity index (χ4n) is 3.18. The first-order chi connectivity index (χ1) is 13.9. The Morgan fingerprint density at radius 2 is 1.66 bits per heavy atom. The van der Waals surface area contributed by atoms with Crippen molar-refractivity contribution in [1.82, 2.24) is 0 Å². The number of nitrogens with zero attached hydrogens (tertiary/aromatic N) is 1. The Balaban J connectivity index is 2.13. The Morgan fingerprint density at radius 3 is 2.24 bits per heavy atom. The third-order valence-electron chi connectivity index (χ3n) is 4.60. The van der Waals surface area contributed by atoms with Gasteiger partial charge in [-0.25, -0.2) is 4.79 Å². The number of carbonyl (C=O) groups is 2. The largest absolute Gasteiger partial charge is 0.493 e. The van der Waals surface area contributed by atoms with E-state index in [1.165, 1.54) is 26.2 Å². The van der Waals surface area contributed by atoms with Crippen LogP contribution in [-0.4, -0.2) is 33.2 Å². The summed E-state index contributed by atoms with van der Waals surface area (Å²) in [6.07, 6.45) is 1.69. The summed E-state index contributed by atoms with van der Waals surface area (Å²) in [5.41, 5.74) is 2.34. The lowest BCUT2D eigenvalue weighted by Crippen LogP contribution is -2.24. The number of anilines is 1. The zero-order valence-electron chi connectivity index (χ0n) is 16.5. The molecule has 0 N–H and O–H groups in total. The number of benzene rings is 2. The third kappa shape index (κ3) is 3.91. The van der Waals surface area contributed by atoms with Crippen LogP contribution in [-0.2, 0) is 14.3 Å². The number of halogens is 1. The van der Waals surface area contributed by atoms with E-state index in [1.807, 2.05) is 24.3 Å². The van der Waals surface area contributed by atoms with E-state index in [-0.39, 0.29) is 17.1 Å². The van der Waals surface area contributed by atoms with E-state index in [0.29, 0.717) is 22.9 Å². The predicted molar refractivity (Wildman–Crippen MR) is 114 cm³/mol. The lowest BCUT2D eigenvalue weighted by atomic mass is 10.0. The summed E-state index contributed by atoms with van der Waals surface area (Å²) in [6.45, 7) is 1.71. The molecule has 0 saturated heterocycles. The van der Waals surface area contributed by atoms with Gasteiger partial charge >= 0.3 is 5.97 Å². The van der Waals surface area contributed by atoms with Crippen molar-refractivity contribution in [1.29, 1.82) is 0 Å². The second-order valence-corrected chi connectivity index (χ2v) is 7.16. The summed E-state index contributed by atoms with van der Waals surface area (Å²) in [7, 11) is 4.36. The highest BCUT2D eigenvalue weighted by atomic mass is 79.9. The van der Waals surface area contributed by atoms with Crippen LogP contribution in [0.5, 0.6) is 11.5 Å². The molecule has 0 saturated carbocycles. The molecule has 0 aromatic heterocycles. The summed E-state index contributed by atoms with van der Waals surface area (Å²) >= 11 is 3.39. The van der Waals surface area contributed by atoms with Gasteiger partial charge < -0.3 is 14.2 Å². The van der Waals surface area contributed by atoms with Crippen LogP contribution in [0.25, 0.3) is 6.08 Å². The van der Waals surface area contributed by atoms with Gasteiger partial charge in [0.05, 0.1) is 38.2 Å². The van der Waals surface area contributed by atoms with Crippen LogP contribution in [0.2, 0.25) is 0 Å². The maximum absolute atomic E-state index is 13.3. The first-order valence-electron chi connectivity index (χ1n) is 8.74. The molecular weight excluding hydrogens is 438 g/mol. The average Bonchev–Trinajstić information content (AvgIpc) is 2.98. The van der Waals surface area contributed by atoms with Gasteiger partial charge in [-0.15, -0.1) is 0 Å². The quantitative estimate of drug-likeness (QED) is 0.493. The van der Waals surface area contributed by atoms with Crippen molar-refractivity contribution in [2.75, 3.05) is 26.2 Å². The molecular formula is C22H20BrNO5. The van der Waals surface area contributed by atoms with E-state index in [9.17, 15) is 9.59 Å². The van der Waals surface area contributed by atoms with E-state index >= 15 is 0 Å². The normalized spacial score (nSPS) is 15.1. The minimum Gasteiger partial charge on any atom is -0.493 e. The molecule has 0 atom stereocenters. The number of allylic oxidation sites excluding steroid dienone is 1. The number of esters is 1. The Morgan fingerprint density at radius 1 is 1.00 bits per heavy atom. The molecule has 0 unspecified atom stereocenters. The molecule has 0 aliphatic carbocycles. The second-order valence-electron chi connectivity index (χ2n) is 6.24. The standard InChI is InChI=1S/C22H20BrNO5/c1-13-20(22(26)29-4)17(11-14-5-7-15(23)8-6-14)21(25)24(13)16-9-10-18(27-2)19(12-16)28-3/h5-12H,1-4H3. The smallest absolute Gasteiger partial charge is 0.340 e. The fourth-order valence-corrected chi connectivity index (χ4v) is 3.44. The number of hydrogen-bond donors (Lipinski definition) is 0. The lowest BCUT2D eigenvalue weighted by molar-refractivity contribution is -0.136. The van der Waals surface area contributed by atoms with Crippen LogP contribution < -0.4 is 14.4 Å². The van der Waals surface area contributed by atoms with Gasteiger partial charge in [0.2, 0.25) is 0 Å². The van der Waals surface area contributed by atoms with Crippen molar-refractivity contribution in [2.45, 2.75) is 6.92 Å². The molecule has 1 aliphatic rings. The Labute approximate surface area is 177 Å². The summed E-state index contributed by atoms with van der Waals surface area (Å²) in [5.74, 6) is 0.138. The van der Waals surface area contributed by atoms with E-state index in [1.54, 1.807) is 31.2 Å². The van der Waals surface area contributed by atoms with Crippen LogP contribution in [0.4, 0.5) is 5.69 Å². The molecule has 2 aromatic carbocycles. The highest BCUT2D eigenvalue weighted by Gasteiger charge is 2.38. The topological polar surface area (TPSA) is 65.1 Å². The highest BCUT2D eigenvalue weighted by Crippen LogP contribution is 2.39. The molecule has 0 bridgehead atoms. The van der Waals surface area contributed by atoms with Crippen molar-refractivity contribution in [2.24, 2.45) is 0 Å². The molecule has 1 amide bonds. The van der Waals surface area contributed by atoms with Crippen LogP contribution in [0, 0.1) is 0 Å². The Bertz CT molecular complexity index is 1020. The molecule has 150 valence electrons. The van der Waals surface area contributed by atoms with Gasteiger partial charge in [-0.3, -0.25) is 9.69 Å². The van der Waals surface area contributed by atoms with Crippen molar-refractivity contribution < 1.29 is 23.8 Å². The van der Waals surface area contributed by atoms with E-state index in [2.05, 4.69) is 15.9 Å². The highest BCUT2D eigenvalue weighted by molar-refractivity contribution is 9.10. The van der Waals surface area contributed by atoms with Crippen molar-refractivity contribution in [3.63, 3.8) is 0 Å². The monoisotopic (exact) mass is 457 g/mol. The van der Waals surface area contributed by atoms with Gasteiger partial charge in [0, 0.05) is 16.2 Å². The van der Waals surface area contributed by atoms with Crippen LogP contribution >= 0.6 is 15.9 Å². The molecule has 7 heteroatoms. The van der Waals surface area contributed by atoms with Gasteiger partial charge in [0.15, 0.2) is 11.5 Å². The van der Waals surface area contributed by atoms with Crippen LogP contribution in [0.15, 0.2) is 63.8 Å². The third-order valence-corrected chi connectivity index (χ3v) is 5.12. The number of rotatable bonds is 5. The molecule has 29 heavy (non-hydrogen) atoms. The van der Waals surface area contributed by atoms with E-state index in [0.717, 1.165) is 10.0 Å². The van der Waals surface area contributed by atoms with Crippen molar-refractivity contribution >= 4 is 39.6 Å². The maximum Gasteiger partial charge on any atom is 0.340 e. The van der Waals surface area contributed by atoms with Gasteiger partial charge in [-0.2, -0.15) is 0 Å². The van der Waals surface area contributed by atoms with Gasteiger partial charge in [0.25, 0.3) is 5.91 Å². The summed E-state index contributed by atoms with van der Waals surface area (Å²) in [5, 5.41) is 0. The van der Waals surface area contributed by atoms with Gasteiger partial charge in [0.1, 0.15) is 0 Å². The molecule has 0 spiro atoms. The maximum atomic E-state index is 13.3. The average molecular weight is 458 g/mol. The molecule has 3 rings (SSSR count). The van der Waals surface area contributed by atoms with Gasteiger partial charge in [-0.05, 0) is 42.8 Å². The Hall–Kier alpha value is -3.06. The number of methoxy groups -OCH3 is 3. The predicted octanol–water partition coefficient (Wildman–Crippen LogP) is 4.34. The number of ether oxygens (including phenoxy) is 3. The summed E-state index contributed by atoms with van der Waals surface area (Å²) < 4.78 is 16.5. The molecule has 0 radical (unpaired) electrons. The first-order valence-corrected chi connectivity index (χ1v) is 9.53. The van der Waals surface area contributed by atoms with Crippen LogP contribution in [0.1, 0.15) is 12.5 Å². The van der Waals surface area contributed by atoms with E-state index < -0.39 is 5.97 Å². The zero-order valence-corrected chi connectivity index (χ0v) is 18.1. The van der Waals surface area contributed by atoms with Crippen molar-refractivity contribution in [3.05, 3.63) is 69.3 Å². The SMILES string of the molecule is COC(=O)C1=C(C)N(c2ccc(OC)c(OC)c2)C(=O)C1=Cc1ccc(Br)cc1. The fraction of sp³-hybridized carbons (Fsp3) is 0.182. The molecule has 1 aliphatic heterocycles. The van der Waals surface area contributed by atoms with Gasteiger partial charge in [-0.1, -0.05) is 28.1 Å². The van der Waals surface area contributed by atoms with Crippen molar-refractivity contribution in [3.8, 4) is 11.5 Å². The molecule has 0 fully saturated rings. The summed E-state index contributed by atoms with van der Waals surface area (Å²) in [6, 6.07) is 12.6. The van der Waals surface area contributed by atoms with E-state index in [4.69, 9.17) is 14.2 Å². The minimum atomic E-state index is -0.567. The molecule has 2 aromatic rings. The van der Waals surface area contributed by atoms with Crippen LogP contribution in [0.3, 0.4) is 0 Å². The summed E-state index contributed by atoms with van der Waals surface area (Å²) in [4.78, 5) is 27.2. The Kier molecular flexibility index (Phi) is 6.08. The number of hydrogen-bond acceptors (Lipinski definition) is 5. The number of amides is 1. The first kappa shape index (κ1) is 20.7. The molecule has 6 nitrogen and oxygen atoms in total. The second kappa shape index (κ2) is 8.53. The minimum absolute atomic E-state index is 0.232. The zero-order chi connectivity index (χ0) is 21.1.